The van der Waals surface area contributed by atoms with E-state index in [-0.39, 0.29) is 30.4 Å². The van der Waals surface area contributed by atoms with Crippen molar-refractivity contribution in [2.45, 2.75) is 38.6 Å². The Morgan fingerprint density at radius 2 is 1.60 bits per heavy atom. The number of alkyl carbamates (subject to hydrolysis) is 1. The Morgan fingerprint density at radius 3 is 2.20 bits per heavy atom. The molecule has 1 atom stereocenters. The van der Waals surface area contributed by atoms with Crippen molar-refractivity contribution in [3.8, 4) is 11.1 Å². The van der Waals surface area contributed by atoms with Crippen molar-refractivity contribution in [2.75, 3.05) is 11.9 Å². The van der Waals surface area contributed by atoms with Gasteiger partial charge in [-0.15, -0.1) is 0 Å². The fourth-order valence-corrected chi connectivity index (χ4v) is 4.47. The fraction of sp³-hybridized carbons (Fsp3) is 0.250. The van der Waals surface area contributed by atoms with Crippen molar-refractivity contribution >= 4 is 23.7 Å². The molecule has 35 heavy (non-hydrogen) atoms. The number of aromatic carboxylic acids is 1. The molecule has 0 bridgehead atoms. The van der Waals surface area contributed by atoms with Crippen LogP contribution in [0.5, 0.6) is 0 Å². The molecule has 1 aliphatic rings. The van der Waals surface area contributed by atoms with E-state index in [1.165, 1.54) is 6.07 Å². The summed E-state index contributed by atoms with van der Waals surface area (Å²) < 4.78 is 5.58. The number of carbonyl (C=O) groups excluding carboxylic acids is 2. The number of hydrogen-bond donors (Lipinski definition) is 3. The van der Waals surface area contributed by atoms with Gasteiger partial charge in [0.15, 0.2) is 0 Å². The van der Waals surface area contributed by atoms with Crippen LogP contribution in [-0.2, 0) is 9.53 Å². The zero-order chi connectivity index (χ0) is 24.9. The molecule has 0 saturated heterocycles. The predicted octanol–water partition coefficient (Wildman–Crippen LogP) is 5.34. The number of anilines is 1. The molecule has 0 radical (unpaired) electrons. The van der Waals surface area contributed by atoms with Crippen LogP contribution in [-0.4, -0.2) is 35.7 Å². The first-order chi connectivity index (χ1) is 16.9. The summed E-state index contributed by atoms with van der Waals surface area (Å²) in [5.41, 5.74) is 5.71. The highest BCUT2D eigenvalue weighted by Gasteiger charge is 2.29. The molecular weight excluding hydrogens is 444 g/mol. The van der Waals surface area contributed by atoms with Crippen molar-refractivity contribution in [1.82, 2.24) is 5.32 Å². The highest BCUT2D eigenvalue weighted by molar-refractivity contribution is 5.95. The van der Waals surface area contributed by atoms with Crippen LogP contribution in [0.3, 0.4) is 0 Å². The average molecular weight is 473 g/mol. The quantitative estimate of drug-likeness (QED) is 0.411. The Bertz CT molecular complexity index is 1220. The van der Waals surface area contributed by atoms with Gasteiger partial charge in [-0.25, -0.2) is 9.59 Å². The maximum atomic E-state index is 12.6. The topological polar surface area (TPSA) is 105 Å². The number of hydrogen-bond acceptors (Lipinski definition) is 4. The van der Waals surface area contributed by atoms with Crippen molar-refractivity contribution in [1.29, 1.82) is 0 Å². The number of carboxylic acid groups (broad SMARTS) is 1. The summed E-state index contributed by atoms with van der Waals surface area (Å²) in [4.78, 5) is 36.4. The summed E-state index contributed by atoms with van der Waals surface area (Å²) in [5.74, 6) is -1.42. The van der Waals surface area contributed by atoms with Gasteiger partial charge in [0, 0.05) is 24.1 Å². The van der Waals surface area contributed by atoms with E-state index in [9.17, 15) is 19.5 Å². The molecule has 7 nitrogen and oxygen atoms in total. The Morgan fingerprint density at radius 1 is 0.971 bits per heavy atom. The van der Waals surface area contributed by atoms with Crippen LogP contribution in [0, 0.1) is 6.92 Å². The summed E-state index contributed by atoms with van der Waals surface area (Å²) in [6.07, 6.45) is -0.00178. The van der Waals surface area contributed by atoms with Gasteiger partial charge in [-0.05, 0) is 53.3 Å². The Labute approximate surface area is 204 Å². The molecule has 7 heteroatoms. The Hall–Kier alpha value is -4.13. The zero-order valence-corrected chi connectivity index (χ0v) is 19.7. The van der Waals surface area contributed by atoms with Crippen LogP contribution in [0.4, 0.5) is 10.5 Å². The zero-order valence-electron chi connectivity index (χ0n) is 19.7. The highest BCUT2D eigenvalue weighted by atomic mass is 16.5. The molecule has 3 N–H and O–H groups in total. The van der Waals surface area contributed by atoms with Crippen molar-refractivity contribution < 1.29 is 24.2 Å². The lowest BCUT2D eigenvalue weighted by molar-refractivity contribution is -0.116. The number of ether oxygens (including phenoxy) is 1. The summed E-state index contributed by atoms with van der Waals surface area (Å²) in [6.45, 7) is 3.76. The molecule has 4 rings (SSSR count). The summed E-state index contributed by atoms with van der Waals surface area (Å²) >= 11 is 0. The second-order valence-electron chi connectivity index (χ2n) is 8.66. The third-order valence-electron chi connectivity index (χ3n) is 6.34. The first-order valence-electron chi connectivity index (χ1n) is 11.6. The lowest BCUT2D eigenvalue weighted by atomic mass is 9.98. The lowest BCUT2D eigenvalue weighted by Gasteiger charge is -2.19. The number of carbonyl (C=O) groups is 3. The molecule has 180 valence electrons. The molecule has 0 unspecified atom stereocenters. The molecule has 0 heterocycles. The van der Waals surface area contributed by atoms with Crippen LogP contribution >= 0.6 is 0 Å². The van der Waals surface area contributed by atoms with E-state index in [1.807, 2.05) is 31.2 Å². The number of benzene rings is 3. The van der Waals surface area contributed by atoms with E-state index < -0.39 is 18.1 Å². The van der Waals surface area contributed by atoms with Crippen LogP contribution in [0.2, 0.25) is 0 Å². The molecule has 3 aromatic carbocycles. The largest absolute Gasteiger partial charge is 0.478 e. The number of rotatable bonds is 8. The van der Waals surface area contributed by atoms with Crippen LogP contribution in [0.15, 0.2) is 66.7 Å². The van der Waals surface area contributed by atoms with Gasteiger partial charge in [-0.2, -0.15) is 0 Å². The van der Waals surface area contributed by atoms with Gasteiger partial charge >= 0.3 is 12.1 Å². The lowest BCUT2D eigenvalue weighted by Crippen LogP contribution is -2.38. The number of nitrogens with one attached hydrogen (secondary N) is 2. The average Bonchev–Trinajstić information content (AvgIpc) is 3.17. The molecule has 2 amide bonds. The minimum Gasteiger partial charge on any atom is -0.478 e. The fourth-order valence-electron chi connectivity index (χ4n) is 4.47. The number of amides is 2. The maximum Gasteiger partial charge on any atom is 0.407 e. The summed E-state index contributed by atoms with van der Waals surface area (Å²) in [6, 6.07) is 20.5. The van der Waals surface area contributed by atoms with Gasteiger partial charge in [0.2, 0.25) is 5.91 Å². The van der Waals surface area contributed by atoms with Crippen molar-refractivity contribution in [3.05, 3.63) is 89.0 Å². The van der Waals surface area contributed by atoms with Crippen LogP contribution in [0.25, 0.3) is 11.1 Å². The van der Waals surface area contributed by atoms with Gasteiger partial charge in [-0.3, -0.25) is 4.79 Å². The smallest absolute Gasteiger partial charge is 0.407 e. The molecule has 0 fully saturated rings. The van der Waals surface area contributed by atoms with Gasteiger partial charge in [-0.1, -0.05) is 61.5 Å². The van der Waals surface area contributed by atoms with Gasteiger partial charge in [0.25, 0.3) is 0 Å². The second kappa shape index (κ2) is 10.4. The van der Waals surface area contributed by atoms with Crippen LogP contribution in [0.1, 0.15) is 52.7 Å². The van der Waals surface area contributed by atoms with Gasteiger partial charge in [0.05, 0.1) is 5.56 Å². The van der Waals surface area contributed by atoms with Gasteiger partial charge in [0.1, 0.15) is 6.61 Å². The van der Waals surface area contributed by atoms with Crippen molar-refractivity contribution in [3.63, 3.8) is 0 Å². The molecule has 0 spiro atoms. The van der Waals surface area contributed by atoms with E-state index in [0.29, 0.717) is 17.7 Å². The molecule has 0 aliphatic heterocycles. The highest BCUT2D eigenvalue weighted by Crippen LogP contribution is 2.44. The third-order valence-corrected chi connectivity index (χ3v) is 6.34. The first-order valence-corrected chi connectivity index (χ1v) is 11.6. The van der Waals surface area contributed by atoms with E-state index >= 15 is 0 Å². The minimum atomic E-state index is -1.05. The number of fused-ring (bicyclic) bond motifs is 3. The Balaban J connectivity index is 1.34. The van der Waals surface area contributed by atoms with E-state index in [2.05, 4.69) is 34.9 Å². The van der Waals surface area contributed by atoms with E-state index in [4.69, 9.17) is 4.74 Å². The predicted molar refractivity (Wildman–Crippen MR) is 134 cm³/mol. The molecule has 0 saturated carbocycles. The second-order valence-corrected chi connectivity index (χ2v) is 8.66. The molecule has 0 aromatic heterocycles. The van der Waals surface area contributed by atoms with Crippen molar-refractivity contribution in [2.24, 2.45) is 0 Å². The van der Waals surface area contributed by atoms with Crippen LogP contribution < -0.4 is 10.6 Å². The number of carboxylic acids is 1. The van der Waals surface area contributed by atoms with E-state index in [1.54, 1.807) is 19.1 Å². The Kier molecular flexibility index (Phi) is 7.15. The maximum absolute atomic E-state index is 12.6. The summed E-state index contributed by atoms with van der Waals surface area (Å²) in [7, 11) is 0. The molecular formula is C28H28N2O5. The monoisotopic (exact) mass is 472 g/mol. The first kappa shape index (κ1) is 24.0. The SMILES string of the molecule is CC[C@@H](CC(=O)Nc1ccc(C)c(C(=O)O)c1)NC(=O)OCC1c2ccccc2-c2ccccc21. The number of aryl methyl sites for hydroxylation is 1. The van der Waals surface area contributed by atoms with E-state index in [0.717, 1.165) is 22.3 Å². The third kappa shape index (κ3) is 5.35. The minimum absolute atomic E-state index is 0.0387. The van der Waals surface area contributed by atoms with Gasteiger partial charge < -0.3 is 20.5 Å². The molecule has 1 aliphatic carbocycles. The summed E-state index contributed by atoms with van der Waals surface area (Å²) in [5, 5.41) is 14.8. The normalized spacial score (nSPS) is 12.9. The molecule has 3 aromatic rings. The standard InChI is InChI=1S/C28H28N2O5/c1-3-18(15-26(31)29-19-13-12-17(2)24(14-19)27(32)33)30-28(34)35-16-25-22-10-6-4-8-20(22)21-9-5-7-11-23(21)25/h4-14,18,25H,3,15-16H2,1-2H3,(H,29,31)(H,30,34)(H,32,33)/t18-/m0/s1.